The van der Waals surface area contributed by atoms with E-state index in [1.807, 2.05) is 12.1 Å². The van der Waals surface area contributed by atoms with Crippen LogP contribution in [0.1, 0.15) is 17.8 Å². The summed E-state index contributed by atoms with van der Waals surface area (Å²) >= 11 is 0. The van der Waals surface area contributed by atoms with Crippen LogP contribution in [0.4, 0.5) is 0 Å². The van der Waals surface area contributed by atoms with E-state index in [-0.39, 0.29) is 24.0 Å². The first-order valence-corrected chi connectivity index (χ1v) is 9.88. The van der Waals surface area contributed by atoms with Gasteiger partial charge in [-0.25, -0.2) is 13.4 Å². The summed E-state index contributed by atoms with van der Waals surface area (Å²) in [6, 6.07) is 3.79. The molecular weight excluding hydrogens is 340 g/mol. The fourth-order valence-electron chi connectivity index (χ4n) is 3.27. The van der Waals surface area contributed by atoms with Gasteiger partial charge in [-0.2, -0.15) is 0 Å². The number of allylic oxidation sites excluding steroid dienone is 1. The number of hydrogen-bond donors (Lipinski definition) is 1. The van der Waals surface area contributed by atoms with Gasteiger partial charge in [-0.3, -0.25) is 9.78 Å². The van der Waals surface area contributed by atoms with Crippen molar-refractivity contribution in [3.63, 3.8) is 0 Å². The minimum absolute atomic E-state index is 0.0186. The van der Waals surface area contributed by atoms with E-state index in [2.05, 4.69) is 15.0 Å². The molecule has 8 heteroatoms. The molecule has 1 atom stereocenters. The van der Waals surface area contributed by atoms with Gasteiger partial charge in [-0.15, -0.1) is 0 Å². The summed E-state index contributed by atoms with van der Waals surface area (Å²) < 4.78 is 22.9. The van der Waals surface area contributed by atoms with E-state index in [1.54, 1.807) is 23.4 Å². The SMILES string of the molecule is O=C(C[C@H]1C=CS(=O)(=O)C1)N1CCc2nc(-c3cccnc3)[nH]c2C1. The Bertz CT molecular complexity index is 934. The summed E-state index contributed by atoms with van der Waals surface area (Å²) in [5.41, 5.74) is 2.83. The van der Waals surface area contributed by atoms with E-state index < -0.39 is 9.84 Å². The van der Waals surface area contributed by atoms with Gasteiger partial charge in [0.2, 0.25) is 5.91 Å². The number of amides is 1. The summed E-state index contributed by atoms with van der Waals surface area (Å²) in [6.07, 6.45) is 6.01. The lowest BCUT2D eigenvalue weighted by atomic mass is 10.1. The predicted octanol–water partition coefficient (Wildman–Crippen LogP) is 1.30. The Labute approximate surface area is 145 Å². The molecule has 0 radical (unpaired) electrons. The third kappa shape index (κ3) is 3.34. The number of nitrogens with zero attached hydrogens (tertiary/aromatic N) is 3. The molecule has 0 aromatic carbocycles. The molecule has 1 N–H and O–H groups in total. The number of pyridine rings is 1. The van der Waals surface area contributed by atoms with E-state index in [9.17, 15) is 13.2 Å². The van der Waals surface area contributed by atoms with Crippen LogP contribution < -0.4 is 0 Å². The van der Waals surface area contributed by atoms with E-state index in [4.69, 9.17) is 0 Å². The third-order valence-corrected chi connectivity index (χ3v) is 6.03. The van der Waals surface area contributed by atoms with E-state index in [1.165, 1.54) is 5.41 Å². The molecule has 2 aliphatic rings. The number of H-pyrrole nitrogens is 1. The molecule has 25 heavy (non-hydrogen) atoms. The number of aromatic nitrogens is 3. The molecule has 4 rings (SSSR count). The van der Waals surface area contributed by atoms with Crippen molar-refractivity contribution in [2.75, 3.05) is 12.3 Å². The molecule has 7 nitrogen and oxygen atoms in total. The van der Waals surface area contributed by atoms with Gasteiger partial charge in [0.05, 0.1) is 23.7 Å². The Kier molecular flexibility index (Phi) is 3.91. The normalized spacial score (nSPS) is 21.3. The zero-order valence-electron chi connectivity index (χ0n) is 13.6. The standard InChI is InChI=1S/C17H18N4O3S/c22-16(8-12-4-7-25(23,24)11-12)21-6-3-14-15(10-21)20-17(19-14)13-2-1-5-18-9-13/h1-2,4-5,7,9,12H,3,6,8,10-11H2,(H,19,20)/t12-/m1/s1. The number of fused-ring (bicyclic) bond motifs is 1. The number of imidazole rings is 1. The first-order valence-electron chi connectivity index (χ1n) is 8.17. The Morgan fingerprint density at radius 1 is 1.40 bits per heavy atom. The molecule has 2 aliphatic heterocycles. The van der Waals surface area contributed by atoms with Gasteiger partial charge < -0.3 is 9.88 Å². The van der Waals surface area contributed by atoms with E-state index >= 15 is 0 Å². The van der Waals surface area contributed by atoms with Crippen molar-refractivity contribution in [3.05, 3.63) is 47.4 Å². The van der Waals surface area contributed by atoms with Crippen LogP contribution in [0.3, 0.4) is 0 Å². The Morgan fingerprint density at radius 2 is 2.28 bits per heavy atom. The topological polar surface area (TPSA) is 96.0 Å². The van der Waals surface area contributed by atoms with Crippen LogP contribution in [-0.4, -0.2) is 46.5 Å². The van der Waals surface area contributed by atoms with Crippen LogP contribution >= 0.6 is 0 Å². The average molecular weight is 358 g/mol. The smallest absolute Gasteiger partial charge is 0.223 e. The summed E-state index contributed by atoms with van der Waals surface area (Å²) in [5, 5.41) is 1.22. The van der Waals surface area contributed by atoms with E-state index in [0.29, 0.717) is 19.5 Å². The molecule has 0 spiro atoms. The van der Waals surface area contributed by atoms with Crippen LogP contribution in [0.15, 0.2) is 36.0 Å². The minimum atomic E-state index is -3.12. The van der Waals surface area contributed by atoms with Crippen LogP contribution in [0.2, 0.25) is 0 Å². The number of aromatic amines is 1. The molecular formula is C17H18N4O3S. The quantitative estimate of drug-likeness (QED) is 0.892. The molecule has 0 unspecified atom stereocenters. The monoisotopic (exact) mass is 358 g/mol. The largest absolute Gasteiger partial charge is 0.340 e. The molecule has 0 bridgehead atoms. The third-order valence-electron chi connectivity index (χ3n) is 4.56. The highest BCUT2D eigenvalue weighted by molar-refractivity contribution is 7.94. The molecule has 130 valence electrons. The van der Waals surface area contributed by atoms with Crippen molar-refractivity contribution < 1.29 is 13.2 Å². The van der Waals surface area contributed by atoms with Gasteiger partial charge in [-0.05, 0) is 12.1 Å². The molecule has 0 aliphatic carbocycles. The number of sulfone groups is 1. The Hall–Kier alpha value is -2.48. The van der Waals surface area contributed by atoms with Crippen molar-refractivity contribution in [2.24, 2.45) is 5.92 Å². The van der Waals surface area contributed by atoms with E-state index in [0.717, 1.165) is 22.8 Å². The van der Waals surface area contributed by atoms with Gasteiger partial charge in [0.25, 0.3) is 0 Å². The lowest BCUT2D eigenvalue weighted by molar-refractivity contribution is -0.132. The van der Waals surface area contributed by atoms with Crippen LogP contribution in [-0.2, 0) is 27.6 Å². The fourth-order valence-corrected chi connectivity index (χ4v) is 4.67. The highest BCUT2D eigenvalue weighted by Gasteiger charge is 2.28. The predicted molar refractivity (Wildman–Crippen MR) is 92.0 cm³/mol. The summed E-state index contributed by atoms with van der Waals surface area (Å²) in [4.78, 5) is 26.3. The van der Waals surface area contributed by atoms with Crippen LogP contribution in [0.5, 0.6) is 0 Å². The molecule has 0 fully saturated rings. The Balaban J connectivity index is 1.45. The van der Waals surface area contributed by atoms with Gasteiger partial charge >= 0.3 is 0 Å². The molecule has 4 heterocycles. The van der Waals surface area contributed by atoms with Crippen LogP contribution in [0, 0.1) is 5.92 Å². The highest BCUT2D eigenvalue weighted by atomic mass is 32.2. The Morgan fingerprint density at radius 3 is 3.00 bits per heavy atom. The van der Waals surface area contributed by atoms with Crippen molar-refractivity contribution in [1.82, 2.24) is 19.9 Å². The lowest BCUT2D eigenvalue weighted by Crippen LogP contribution is -2.37. The lowest BCUT2D eigenvalue weighted by Gasteiger charge is -2.27. The first kappa shape index (κ1) is 16.0. The number of carbonyl (C=O) groups excluding carboxylic acids is 1. The van der Waals surface area contributed by atoms with Crippen molar-refractivity contribution in [2.45, 2.75) is 19.4 Å². The second-order valence-corrected chi connectivity index (χ2v) is 8.37. The van der Waals surface area contributed by atoms with Gasteiger partial charge in [0.15, 0.2) is 9.84 Å². The number of carbonyl (C=O) groups is 1. The number of nitrogens with one attached hydrogen (secondary N) is 1. The molecule has 0 saturated heterocycles. The maximum atomic E-state index is 12.5. The summed E-state index contributed by atoms with van der Waals surface area (Å²) in [7, 11) is -3.12. The molecule has 2 aromatic rings. The zero-order valence-corrected chi connectivity index (χ0v) is 14.4. The van der Waals surface area contributed by atoms with Crippen molar-refractivity contribution in [3.8, 4) is 11.4 Å². The zero-order chi connectivity index (χ0) is 17.4. The summed E-state index contributed by atoms with van der Waals surface area (Å²) in [6.45, 7) is 1.08. The molecule has 2 aromatic heterocycles. The van der Waals surface area contributed by atoms with Crippen molar-refractivity contribution in [1.29, 1.82) is 0 Å². The van der Waals surface area contributed by atoms with Crippen molar-refractivity contribution >= 4 is 15.7 Å². The molecule has 1 amide bonds. The number of hydrogen-bond acceptors (Lipinski definition) is 5. The number of rotatable bonds is 3. The fraction of sp³-hybridized carbons (Fsp3) is 0.353. The first-order chi connectivity index (χ1) is 12.0. The van der Waals surface area contributed by atoms with Gasteiger partial charge in [0, 0.05) is 48.7 Å². The highest BCUT2D eigenvalue weighted by Crippen LogP contribution is 2.24. The average Bonchev–Trinajstić information content (AvgIpc) is 3.17. The van der Waals surface area contributed by atoms with Gasteiger partial charge in [0.1, 0.15) is 5.82 Å². The van der Waals surface area contributed by atoms with Crippen LogP contribution in [0.25, 0.3) is 11.4 Å². The maximum absolute atomic E-state index is 12.5. The second kappa shape index (κ2) is 6.11. The second-order valence-electron chi connectivity index (χ2n) is 6.44. The summed E-state index contributed by atoms with van der Waals surface area (Å²) in [5.74, 6) is 0.561. The van der Waals surface area contributed by atoms with Gasteiger partial charge in [-0.1, -0.05) is 6.08 Å². The minimum Gasteiger partial charge on any atom is -0.340 e. The maximum Gasteiger partial charge on any atom is 0.223 e. The molecule has 0 saturated carbocycles.